The van der Waals surface area contributed by atoms with Gasteiger partial charge >= 0.3 is 0 Å². The van der Waals surface area contributed by atoms with Crippen molar-refractivity contribution in [1.82, 2.24) is 4.90 Å². The van der Waals surface area contributed by atoms with E-state index < -0.39 is 0 Å². The number of carbonyl (C=O) groups is 2. The van der Waals surface area contributed by atoms with Crippen molar-refractivity contribution in [2.75, 3.05) is 25.6 Å². The first-order chi connectivity index (χ1) is 13.5. The van der Waals surface area contributed by atoms with Crippen LogP contribution in [-0.2, 0) is 9.59 Å². The molecule has 0 N–H and O–H groups in total. The number of rotatable bonds is 6. The molecule has 2 aromatic rings. The number of anilines is 1. The van der Waals surface area contributed by atoms with Gasteiger partial charge in [0.25, 0.3) is 0 Å². The maximum atomic E-state index is 12.6. The highest BCUT2D eigenvalue weighted by Crippen LogP contribution is 2.28. The summed E-state index contributed by atoms with van der Waals surface area (Å²) in [6.07, 6.45) is 4.89. The van der Waals surface area contributed by atoms with Crippen molar-refractivity contribution in [3.05, 3.63) is 65.7 Å². The predicted molar refractivity (Wildman–Crippen MR) is 111 cm³/mol. The minimum Gasteiger partial charge on any atom is -0.496 e. The summed E-state index contributed by atoms with van der Waals surface area (Å²) in [5.74, 6) is 0.855. The number of methoxy groups -OCH3 is 1. The van der Waals surface area contributed by atoms with Gasteiger partial charge in [0.05, 0.1) is 13.2 Å². The average Bonchev–Trinajstić information content (AvgIpc) is 3.17. The van der Waals surface area contributed by atoms with Gasteiger partial charge in [0, 0.05) is 37.3 Å². The Morgan fingerprint density at radius 1 is 1.18 bits per heavy atom. The Hall–Kier alpha value is -3.08. The van der Waals surface area contributed by atoms with E-state index in [0.717, 1.165) is 35.5 Å². The number of benzene rings is 2. The van der Waals surface area contributed by atoms with Gasteiger partial charge in [0.2, 0.25) is 11.8 Å². The number of amides is 2. The minimum atomic E-state index is -0.114. The first-order valence-electron chi connectivity index (χ1n) is 9.49. The summed E-state index contributed by atoms with van der Waals surface area (Å²) in [5.41, 5.74) is 2.80. The zero-order valence-corrected chi connectivity index (χ0v) is 16.6. The Morgan fingerprint density at radius 3 is 2.54 bits per heavy atom. The topological polar surface area (TPSA) is 49.9 Å². The third-order valence-electron chi connectivity index (χ3n) is 5.21. The molecule has 5 heteroatoms. The van der Waals surface area contributed by atoms with Crippen molar-refractivity contribution in [3.63, 3.8) is 0 Å². The van der Waals surface area contributed by atoms with Crippen LogP contribution < -0.4 is 9.64 Å². The number of para-hydroxylation sites is 1. The zero-order chi connectivity index (χ0) is 20.1. The van der Waals surface area contributed by atoms with E-state index in [4.69, 9.17) is 4.74 Å². The summed E-state index contributed by atoms with van der Waals surface area (Å²) in [6.45, 7) is 2.75. The largest absolute Gasteiger partial charge is 0.496 e. The van der Waals surface area contributed by atoms with Crippen molar-refractivity contribution in [3.8, 4) is 5.75 Å². The molecular formula is C23H26N2O3. The highest BCUT2D eigenvalue weighted by molar-refractivity contribution is 5.95. The molecule has 0 bridgehead atoms. The molecular weight excluding hydrogens is 352 g/mol. The van der Waals surface area contributed by atoms with E-state index in [9.17, 15) is 9.59 Å². The standard InChI is InChI=1S/C23H26N2O3/c1-17(20-7-4-5-8-21(20)28-3)24(2)22(26)15-12-18-10-13-19(14-11-18)25-16-6-9-23(25)27/h4-5,7-8,10-15,17H,6,9,16H2,1-3H3/b15-12+. The molecule has 28 heavy (non-hydrogen) atoms. The molecule has 1 aliphatic rings. The van der Waals surface area contributed by atoms with Gasteiger partial charge in [0.1, 0.15) is 5.75 Å². The summed E-state index contributed by atoms with van der Waals surface area (Å²) >= 11 is 0. The Balaban J connectivity index is 1.66. The molecule has 0 aliphatic carbocycles. The van der Waals surface area contributed by atoms with Gasteiger partial charge < -0.3 is 14.5 Å². The summed E-state index contributed by atoms with van der Waals surface area (Å²) in [6, 6.07) is 15.3. The number of carbonyl (C=O) groups excluding carboxylic acids is 2. The second-order valence-corrected chi connectivity index (χ2v) is 6.94. The van der Waals surface area contributed by atoms with Gasteiger partial charge in [-0.25, -0.2) is 0 Å². The first kappa shape index (κ1) is 19.7. The van der Waals surface area contributed by atoms with E-state index in [1.54, 1.807) is 36.1 Å². The van der Waals surface area contributed by atoms with Crippen molar-refractivity contribution < 1.29 is 14.3 Å². The quantitative estimate of drug-likeness (QED) is 0.713. The molecule has 2 aromatic carbocycles. The van der Waals surface area contributed by atoms with Gasteiger partial charge in [-0.05, 0) is 43.2 Å². The SMILES string of the molecule is COc1ccccc1C(C)N(C)C(=O)/C=C/c1ccc(N2CCCC2=O)cc1. The molecule has 1 unspecified atom stereocenters. The van der Waals surface area contributed by atoms with E-state index in [2.05, 4.69) is 0 Å². The smallest absolute Gasteiger partial charge is 0.246 e. The van der Waals surface area contributed by atoms with E-state index >= 15 is 0 Å². The van der Waals surface area contributed by atoms with Crippen LogP contribution >= 0.6 is 0 Å². The fraction of sp³-hybridized carbons (Fsp3) is 0.304. The molecule has 1 atom stereocenters. The van der Waals surface area contributed by atoms with Crippen LogP contribution in [0.2, 0.25) is 0 Å². The van der Waals surface area contributed by atoms with Crippen molar-refractivity contribution >= 4 is 23.6 Å². The molecule has 0 radical (unpaired) electrons. The lowest BCUT2D eigenvalue weighted by atomic mass is 10.1. The van der Waals surface area contributed by atoms with E-state index in [-0.39, 0.29) is 17.9 Å². The van der Waals surface area contributed by atoms with E-state index in [1.807, 2.05) is 55.5 Å². The van der Waals surface area contributed by atoms with E-state index in [0.29, 0.717) is 6.42 Å². The molecule has 1 saturated heterocycles. The number of ether oxygens (including phenoxy) is 1. The highest BCUT2D eigenvalue weighted by Gasteiger charge is 2.21. The van der Waals surface area contributed by atoms with Crippen molar-refractivity contribution in [1.29, 1.82) is 0 Å². The number of nitrogens with zero attached hydrogens (tertiary/aromatic N) is 2. The zero-order valence-electron chi connectivity index (χ0n) is 16.6. The van der Waals surface area contributed by atoms with Crippen LogP contribution in [0, 0.1) is 0 Å². The van der Waals surface area contributed by atoms with Gasteiger partial charge in [-0.3, -0.25) is 9.59 Å². The molecule has 3 rings (SSSR count). The lowest BCUT2D eigenvalue weighted by Gasteiger charge is -2.25. The number of hydrogen-bond donors (Lipinski definition) is 0. The Kier molecular flexibility index (Phi) is 6.14. The van der Waals surface area contributed by atoms with Crippen LogP contribution in [0.25, 0.3) is 6.08 Å². The summed E-state index contributed by atoms with van der Waals surface area (Å²) < 4.78 is 5.40. The maximum absolute atomic E-state index is 12.6. The van der Waals surface area contributed by atoms with E-state index in [1.165, 1.54) is 0 Å². The highest BCUT2D eigenvalue weighted by atomic mass is 16.5. The normalized spacial score (nSPS) is 15.1. The number of hydrogen-bond acceptors (Lipinski definition) is 3. The van der Waals surface area contributed by atoms with Crippen LogP contribution in [0.5, 0.6) is 5.75 Å². The molecule has 0 spiro atoms. The third kappa shape index (κ3) is 4.25. The lowest BCUT2D eigenvalue weighted by Crippen LogP contribution is -2.28. The van der Waals surface area contributed by atoms with Crippen LogP contribution in [0.1, 0.15) is 36.9 Å². The lowest BCUT2D eigenvalue weighted by molar-refractivity contribution is -0.126. The first-order valence-corrected chi connectivity index (χ1v) is 9.49. The molecule has 5 nitrogen and oxygen atoms in total. The Bertz CT molecular complexity index is 874. The molecule has 146 valence electrons. The van der Waals surface area contributed by atoms with Crippen LogP contribution in [0.3, 0.4) is 0 Å². The van der Waals surface area contributed by atoms with Gasteiger partial charge in [-0.15, -0.1) is 0 Å². The van der Waals surface area contributed by atoms with Gasteiger partial charge in [0.15, 0.2) is 0 Å². The average molecular weight is 378 g/mol. The summed E-state index contributed by atoms with van der Waals surface area (Å²) in [7, 11) is 3.42. The predicted octanol–water partition coefficient (Wildman–Crippen LogP) is 4.05. The van der Waals surface area contributed by atoms with Crippen LogP contribution in [0.4, 0.5) is 5.69 Å². The molecule has 2 amide bonds. The second kappa shape index (κ2) is 8.74. The summed E-state index contributed by atoms with van der Waals surface area (Å²) in [4.78, 5) is 27.9. The minimum absolute atomic E-state index is 0.0859. The number of likely N-dealkylation sites (N-methyl/N-ethyl adjacent to an activating group) is 1. The van der Waals surface area contributed by atoms with Gasteiger partial charge in [-0.1, -0.05) is 30.3 Å². The van der Waals surface area contributed by atoms with Gasteiger partial charge in [-0.2, -0.15) is 0 Å². The molecule has 1 fully saturated rings. The van der Waals surface area contributed by atoms with Crippen molar-refractivity contribution in [2.45, 2.75) is 25.8 Å². The summed E-state index contributed by atoms with van der Waals surface area (Å²) in [5, 5.41) is 0. The third-order valence-corrected chi connectivity index (χ3v) is 5.21. The fourth-order valence-corrected chi connectivity index (χ4v) is 3.38. The Labute approximate surface area is 166 Å². The molecule has 1 aliphatic heterocycles. The monoisotopic (exact) mass is 378 g/mol. The second-order valence-electron chi connectivity index (χ2n) is 6.94. The van der Waals surface area contributed by atoms with Crippen LogP contribution in [-0.4, -0.2) is 37.4 Å². The Morgan fingerprint density at radius 2 is 1.89 bits per heavy atom. The maximum Gasteiger partial charge on any atom is 0.246 e. The molecule has 0 aromatic heterocycles. The molecule has 1 heterocycles. The molecule has 0 saturated carbocycles. The van der Waals surface area contributed by atoms with Crippen LogP contribution in [0.15, 0.2) is 54.6 Å². The van der Waals surface area contributed by atoms with Crippen molar-refractivity contribution in [2.24, 2.45) is 0 Å². The fourth-order valence-electron chi connectivity index (χ4n) is 3.38.